The van der Waals surface area contributed by atoms with Crippen LogP contribution in [0.1, 0.15) is 11.3 Å². The van der Waals surface area contributed by atoms with Gasteiger partial charge < -0.3 is 25.2 Å². The van der Waals surface area contributed by atoms with Crippen molar-refractivity contribution in [2.75, 3.05) is 55.9 Å². The second-order valence-electron chi connectivity index (χ2n) is 8.77. The first-order valence-corrected chi connectivity index (χ1v) is 11.8. The highest BCUT2D eigenvalue weighted by Gasteiger charge is 2.18. The third-order valence-corrected chi connectivity index (χ3v) is 6.23. The number of nitrogens with one attached hydrogen (secondary N) is 2. The first-order valence-electron chi connectivity index (χ1n) is 11.8. The molecule has 1 aromatic carbocycles. The molecule has 0 atom stereocenters. The molecule has 184 valence electrons. The van der Waals surface area contributed by atoms with E-state index in [-0.39, 0.29) is 0 Å². The summed E-state index contributed by atoms with van der Waals surface area (Å²) in [5.74, 6) is 3.49. The van der Waals surface area contributed by atoms with Crippen LogP contribution in [0.3, 0.4) is 0 Å². The Morgan fingerprint density at radius 1 is 1.08 bits per heavy atom. The van der Waals surface area contributed by atoms with Gasteiger partial charge in [-0.3, -0.25) is 4.68 Å². The van der Waals surface area contributed by atoms with Crippen LogP contribution in [-0.2, 0) is 13.6 Å². The number of methoxy groups -OCH3 is 1. The number of hydrogen-bond acceptors (Lipinski definition) is 9. The maximum absolute atomic E-state index is 5.65. The number of benzene rings is 1. The van der Waals surface area contributed by atoms with Crippen molar-refractivity contribution >= 4 is 34.0 Å². The van der Waals surface area contributed by atoms with E-state index in [0.717, 1.165) is 48.9 Å². The van der Waals surface area contributed by atoms with E-state index in [4.69, 9.17) is 11.2 Å². The van der Waals surface area contributed by atoms with Crippen molar-refractivity contribution in [1.82, 2.24) is 29.6 Å². The number of nitrogens with zero attached hydrogens (tertiary/aromatic N) is 7. The predicted molar refractivity (Wildman–Crippen MR) is 142 cm³/mol. The first-order chi connectivity index (χ1) is 17.5. The number of ether oxygens (including phenoxy) is 1. The van der Waals surface area contributed by atoms with Crippen molar-refractivity contribution in [3.05, 3.63) is 54.0 Å². The highest BCUT2D eigenvalue weighted by Crippen LogP contribution is 2.31. The molecule has 1 saturated heterocycles. The van der Waals surface area contributed by atoms with E-state index in [9.17, 15) is 0 Å². The molecule has 4 aromatic rings. The van der Waals surface area contributed by atoms with Gasteiger partial charge >= 0.3 is 0 Å². The molecular weight excluding hydrogens is 454 g/mol. The van der Waals surface area contributed by atoms with Crippen LogP contribution in [0.25, 0.3) is 11.0 Å². The number of piperazine rings is 1. The molecule has 10 nitrogen and oxygen atoms in total. The van der Waals surface area contributed by atoms with Crippen molar-refractivity contribution in [2.45, 2.75) is 6.54 Å². The average molecular weight is 484 g/mol. The van der Waals surface area contributed by atoms with Crippen LogP contribution in [0.2, 0.25) is 0 Å². The molecule has 0 radical (unpaired) electrons. The van der Waals surface area contributed by atoms with E-state index in [1.165, 1.54) is 0 Å². The fourth-order valence-electron chi connectivity index (χ4n) is 4.22. The fraction of sp³-hybridized carbons (Fsp3) is 0.308. The molecule has 1 aliphatic heterocycles. The van der Waals surface area contributed by atoms with E-state index >= 15 is 0 Å². The molecule has 5 rings (SSSR count). The number of rotatable bonds is 7. The lowest BCUT2D eigenvalue weighted by Gasteiger charge is -2.35. The minimum Gasteiger partial charge on any atom is -0.481 e. The van der Waals surface area contributed by atoms with Gasteiger partial charge in [0, 0.05) is 62.9 Å². The van der Waals surface area contributed by atoms with Gasteiger partial charge in [0.2, 0.25) is 11.8 Å². The maximum atomic E-state index is 5.65. The van der Waals surface area contributed by atoms with Crippen molar-refractivity contribution < 1.29 is 4.74 Å². The Hall–Kier alpha value is -4.36. The Morgan fingerprint density at radius 2 is 1.92 bits per heavy atom. The molecule has 2 N–H and O–H groups in total. The molecule has 1 fully saturated rings. The van der Waals surface area contributed by atoms with Gasteiger partial charge in [-0.1, -0.05) is 5.92 Å². The van der Waals surface area contributed by atoms with E-state index in [1.54, 1.807) is 19.4 Å². The van der Waals surface area contributed by atoms with Crippen molar-refractivity contribution in [3.63, 3.8) is 0 Å². The van der Waals surface area contributed by atoms with Gasteiger partial charge in [-0.15, -0.1) is 6.42 Å². The smallest absolute Gasteiger partial charge is 0.229 e. The molecule has 4 heterocycles. The lowest BCUT2D eigenvalue weighted by Crippen LogP contribution is -2.44. The molecule has 0 saturated carbocycles. The molecular formula is C26H29N9O. The van der Waals surface area contributed by atoms with Gasteiger partial charge in [-0.05, 0) is 31.3 Å². The van der Waals surface area contributed by atoms with Gasteiger partial charge in [-0.25, -0.2) is 4.98 Å². The highest BCUT2D eigenvalue weighted by atomic mass is 16.5. The normalized spacial score (nSPS) is 14.0. The predicted octanol–water partition coefficient (Wildman–Crippen LogP) is 2.86. The summed E-state index contributed by atoms with van der Waals surface area (Å²) in [5.41, 5.74) is 5.13. The van der Waals surface area contributed by atoms with Gasteiger partial charge in [0.1, 0.15) is 0 Å². The van der Waals surface area contributed by atoms with Crippen LogP contribution in [0.5, 0.6) is 5.88 Å². The Labute approximate surface area is 210 Å². The zero-order chi connectivity index (χ0) is 25.1. The minimum absolute atomic E-state index is 0.414. The monoisotopic (exact) mass is 483 g/mol. The van der Waals surface area contributed by atoms with Crippen molar-refractivity contribution in [3.8, 4) is 18.2 Å². The lowest BCUT2D eigenvalue weighted by atomic mass is 10.2. The second kappa shape index (κ2) is 10.1. The Morgan fingerprint density at radius 3 is 2.64 bits per heavy atom. The molecule has 3 aromatic heterocycles. The van der Waals surface area contributed by atoms with E-state index in [2.05, 4.69) is 65.6 Å². The summed E-state index contributed by atoms with van der Waals surface area (Å²) < 4.78 is 7.08. The number of fused-ring (bicyclic) bond motifs is 1. The molecule has 10 heteroatoms. The van der Waals surface area contributed by atoms with Crippen LogP contribution in [-0.4, -0.2) is 70.0 Å². The van der Waals surface area contributed by atoms with Crippen molar-refractivity contribution in [2.24, 2.45) is 7.05 Å². The highest BCUT2D eigenvalue weighted by molar-refractivity contribution is 5.83. The average Bonchev–Trinajstić information content (AvgIpc) is 3.32. The summed E-state index contributed by atoms with van der Waals surface area (Å²) in [6, 6.07) is 9.97. The van der Waals surface area contributed by atoms with E-state index in [0.29, 0.717) is 35.0 Å². The third kappa shape index (κ3) is 5.01. The minimum atomic E-state index is 0.414. The summed E-state index contributed by atoms with van der Waals surface area (Å²) in [5, 5.41) is 12.1. The van der Waals surface area contributed by atoms with E-state index < -0.39 is 0 Å². The lowest BCUT2D eigenvalue weighted by molar-refractivity contribution is 0.313. The standard InChI is InChI=1S/C26H29N9O/c1-5-18-14-24(36-4)30-25-21(18)17-28-26(31-25)29-19-6-7-23(35-12-10-33(2)11-13-35)22(15-19)27-16-20-8-9-34(3)32-20/h1,6-9,14-15,17,27H,10-13,16H2,2-4H3,(H,28,29,30,31). The number of aryl methyl sites for hydroxylation is 1. The molecule has 0 unspecified atom stereocenters. The number of anilines is 4. The van der Waals surface area contributed by atoms with Crippen LogP contribution in [0, 0.1) is 12.3 Å². The zero-order valence-corrected chi connectivity index (χ0v) is 20.7. The fourth-order valence-corrected chi connectivity index (χ4v) is 4.22. The Bertz CT molecular complexity index is 1420. The Balaban J connectivity index is 1.43. The molecule has 36 heavy (non-hydrogen) atoms. The quantitative estimate of drug-likeness (QED) is 0.385. The molecule has 0 amide bonds. The molecule has 1 aliphatic rings. The van der Waals surface area contributed by atoms with Crippen LogP contribution in [0.4, 0.5) is 23.0 Å². The topological polar surface area (TPSA) is 96.3 Å². The summed E-state index contributed by atoms with van der Waals surface area (Å²) in [7, 11) is 5.63. The van der Waals surface area contributed by atoms with Crippen LogP contribution >= 0.6 is 0 Å². The van der Waals surface area contributed by atoms with Crippen LogP contribution in [0.15, 0.2) is 42.7 Å². The first kappa shape index (κ1) is 23.4. The number of pyridine rings is 1. The number of hydrogen-bond donors (Lipinski definition) is 2. The number of aromatic nitrogens is 5. The SMILES string of the molecule is C#Cc1cc(OC)nc2nc(Nc3ccc(N4CCN(C)CC4)c(NCc4ccn(C)n4)c3)ncc12. The molecule has 0 spiro atoms. The third-order valence-electron chi connectivity index (χ3n) is 6.23. The van der Waals surface area contributed by atoms with Gasteiger partial charge in [0.15, 0.2) is 5.65 Å². The maximum Gasteiger partial charge on any atom is 0.229 e. The molecule has 0 bridgehead atoms. The van der Waals surface area contributed by atoms with Gasteiger partial charge in [0.05, 0.1) is 36.1 Å². The number of likely N-dealkylation sites (N-methyl/N-ethyl adjacent to an activating group) is 1. The molecule has 0 aliphatic carbocycles. The van der Waals surface area contributed by atoms with E-state index in [1.807, 2.05) is 30.1 Å². The summed E-state index contributed by atoms with van der Waals surface area (Å²) in [4.78, 5) is 18.2. The Kier molecular flexibility index (Phi) is 6.56. The van der Waals surface area contributed by atoms with Crippen LogP contribution < -0.4 is 20.3 Å². The van der Waals surface area contributed by atoms with Crippen molar-refractivity contribution in [1.29, 1.82) is 0 Å². The zero-order valence-electron chi connectivity index (χ0n) is 20.7. The summed E-state index contributed by atoms with van der Waals surface area (Å²) in [6.07, 6.45) is 9.28. The number of terminal acetylenes is 1. The summed E-state index contributed by atoms with van der Waals surface area (Å²) >= 11 is 0. The van der Waals surface area contributed by atoms with Gasteiger partial charge in [-0.2, -0.15) is 15.1 Å². The second-order valence-corrected chi connectivity index (χ2v) is 8.77. The van der Waals surface area contributed by atoms with Gasteiger partial charge in [0.25, 0.3) is 0 Å². The summed E-state index contributed by atoms with van der Waals surface area (Å²) in [6.45, 7) is 4.62. The largest absolute Gasteiger partial charge is 0.481 e.